The summed E-state index contributed by atoms with van der Waals surface area (Å²) in [5, 5.41) is 0.493. The predicted molar refractivity (Wildman–Crippen MR) is 94.0 cm³/mol. The van der Waals surface area contributed by atoms with Crippen molar-refractivity contribution < 1.29 is 22.7 Å². The number of halogens is 1. The molecule has 2 rings (SSSR count). The molecule has 0 aliphatic carbocycles. The van der Waals surface area contributed by atoms with E-state index in [9.17, 15) is 13.2 Å². The Labute approximate surface area is 151 Å². The molecule has 0 spiro atoms. The number of carbonyl (C=O) groups is 1. The molecule has 8 heteroatoms. The van der Waals surface area contributed by atoms with Gasteiger partial charge in [-0.05, 0) is 42.8 Å². The second kappa shape index (κ2) is 8.84. The van der Waals surface area contributed by atoms with E-state index in [-0.39, 0.29) is 24.7 Å². The Hall–Kier alpha value is -2.09. The van der Waals surface area contributed by atoms with E-state index >= 15 is 0 Å². The minimum atomic E-state index is -3.69. The topological polar surface area (TPSA) is 81.7 Å². The molecule has 0 saturated carbocycles. The molecule has 0 aliphatic heterocycles. The highest BCUT2D eigenvalue weighted by atomic mass is 35.5. The van der Waals surface area contributed by atoms with E-state index in [2.05, 4.69) is 4.72 Å². The van der Waals surface area contributed by atoms with Crippen molar-refractivity contribution in [3.63, 3.8) is 0 Å². The smallest absolute Gasteiger partial charge is 0.344 e. The summed E-state index contributed by atoms with van der Waals surface area (Å²) in [6.07, 6.45) is 0. The van der Waals surface area contributed by atoms with Crippen LogP contribution in [0.15, 0.2) is 53.4 Å². The van der Waals surface area contributed by atoms with Gasteiger partial charge in [0, 0.05) is 11.6 Å². The summed E-state index contributed by atoms with van der Waals surface area (Å²) in [5.41, 5.74) is 0.683. The van der Waals surface area contributed by atoms with Crippen LogP contribution in [0.3, 0.4) is 0 Å². The van der Waals surface area contributed by atoms with Gasteiger partial charge in [-0.1, -0.05) is 29.8 Å². The molecule has 0 bridgehead atoms. The molecule has 2 aromatic rings. The number of benzene rings is 2. The van der Waals surface area contributed by atoms with Crippen LogP contribution in [0.25, 0.3) is 0 Å². The summed E-state index contributed by atoms with van der Waals surface area (Å²) >= 11 is 6.01. The summed E-state index contributed by atoms with van der Waals surface area (Å²) in [6, 6.07) is 12.7. The minimum Gasteiger partial charge on any atom is -0.482 e. The zero-order valence-corrected chi connectivity index (χ0v) is 15.1. The van der Waals surface area contributed by atoms with E-state index in [1.807, 2.05) is 0 Å². The number of hydrogen-bond acceptors (Lipinski definition) is 5. The first-order valence-corrected chi connectivity index (χ1v) is 9.40. The van der Waals surface area contributed by atoms with Gasteiger partial charge in [0.2, 0.25) is 10.0 Å². The fourth-order valence-corrected chi connectivity index (χ4v) is 3.17. The Bertz CT molecular complexity index is 821. The summed E-state index contributed by atoms with van der Waals surface area (Å²) in [7, 11) is -3.69. The Balaban J connectivity index is 1.97. The molecule has 0 aromatic heterocycles. The van der Waals surface area contributed by atoms with Crippen LogP contribution in [0.4, 0.5) is 0 Å². The fraction of sp³-hybridized carbons (Fsp3) is 0.235. The number of carbonyl (C=O) groups excluding carboxylic acids is 1. The first-order chi connectivity index (χ1) is 11.9. The second-order valence-electron chi connectivity index (χ2n) is 4.98. The van der Waals surface area contributed by atoms with Crippen molar-refractivity contribution in [2.75, 3.05) is 13.2 Å². The average molecular weight is 384 g/mol. The predicted octanol–water partition coefficient (Wildman–Crippen LogP) is 2.76. The Morgan fingerprint density at radius 2 is 1.80 bits per heavy atom. The maximum absolute atomic E-state index is 12.3. The standard InChI is InChI=1S/C17H18ClNO5S/c1-2-23-17(20)12-24-14-7-9-15(10-8-14)25(21,22)19-11-13-5-3-4-6-16(13)18/h3-10,19H,2,11-12H2,1H3. The first kappa shape index (κ1) is 19.2. The molecule has 2 aromatic carbocycles. The van der Waals surface area contributed by atoms with Crippen molar-refractivity contribution in [1.82, 2.24) is 4.72 Å². The molecule has 6 nitrogen and oxygen atoms in total. The van der Waals surface area contributed by atoms with Crippen LogP contribution in [-0.2, 0) is 26.1 Å². The lowest BCUT2D eigenvalue weighted by Crippen LogP contribution is -2.23. The quantitative estimate of drug-likeness (QED) is 0.709. The Kier molecular flexibility index (Phi) is 6.81. The molecule has 1 N–H and O–H groups in total. The SMILES string of the molecule is CCOC(=O)COc1ccc(S(=O)(=O)NCc2ccccc2Cl)cc1. The molecule has 0 saturated heterocycles. The highest BCUT2D eigenvalue weighted by Crippen LogP contribution is 2.18. The maximum atomic E-state index is 12.3. The number of ether oxygens (including phenoxy) is 2. The van der Waals surface area contributed by atoms with Crippen molar-refractivity contribution in [1.29, 1.82) is 0 Å². The summed E-state index contributed by atoms with van der Waals surface area (Å²) in [4.78, 5) is 11.3. The van der Waals surface area contributed by atoms with Crippen molar-refractivity contribution in [2.24, 2.45) is 0 Å². The van der Waals surface area contributed by atoms with Gasteiger partial charge >= 0.3 is 5.97 Å². The third-order valence-corrected chi connectivity index (χ3v) is 4.99. The van der Waals surface area contributed by atoms with Gasteiger partial charge in [-0.3, -0.25) is 0 Å². The van der Waals surface area contributed by atoms with Gasteiger partial charge in [0.1, 0.15) is 5.75 Å². The van der Waals surface area contributed by atoms with Crippen LogP contribution in [0.1, 0.15) is 12.5 Å². The maximum Gasteiger partial charge on any atom is 0.344 e. The average Bonchev–Trinajstić information content (AvgIpc) is 2.60. The van der Waals surface area contributed by atoms with Gasteiger partial charge in [-0.15, -0.1) is 0 Å². The van der Waals surface area contributed by atoms with Crippen LogP contribution in [0, 0.1) is 0 Å². The van der Waals surface area contributed by atoms with Crippen molar-refractivity contribution in [3.05, 3.63) is 59.1 Å². The number of sulfonamides is 1. The lowest BCUT2D eigenvalue weighted by molar-refractivity contribution is -0.145. The molecular formula is C17H18ClNO5S. The van der Waals surface area contributed by atoms with Gasteiger partial charge in [0.25, 0.3) is 0 Å². The minimum absolute atomic E-state index is 0.0861. The molecular weight excluding hydrogens is 366 g/mol. The second-order valence-corrected chi connectivity index (χ2v) is 7.16. The van der Waals surface area contributed by atoms with E-state index in [1.165, 1.54) is 24.3 Å². The van der Waals surface area contributed by atoms with E-state index in [4.69, 9.17) is 21.1 Å². The third-order valence-electron chi connectivity index (χ3n) is 3.21. The molecule has 0 amide bonds. The van der Waals surface area contributed by atoms with Gasteiger partial charge < -0.3 is 9.47 Å². The van der Waals surface area contributed by atoms with Gasteiger partial charge in [0.05, 0.1) is 11.5 Å². The van der Waals surface area contributed by atoms with Gasteiger partial charge in [0.15, 0.2) is 6.61 Å². The molecule has 0 atom stereocenters. The summed E-state index contributed by atoms with van der Waals surface area (Å²) in [6.45, 7) is 1.83. The summed E-state index contributed by atoms with van der Waals surface area (Å²) in [5.74, 6) is -0.112. The molecule has 25 heavy (non-hydrogen) atoms. The van der Waals surface area contributed by atoms with Crippen LogP contribution in [0.5, 0.6) is 5.75 Å². The lowest BCUT2D eigenvalue weighted by atomic mass is 10.2. The van der Waals surface area contributed by atoms with Crippen molar-refractivity contribution >= 4 is 27.6 Å². The number of rotatable bonds is 8. The normalized spacial score (nSPS) is 11.1. The fourth-order valence-electron chi connectivity index (χ4n) is 1.96. The molecule has 0 unspecified atom stereocenters. The monoisotopic (exact) mass is 383 g/mol. The lowest BCUT2D eigenvalue weighted by Gasteiger charge is -2.09. The number of hydrogen-bond donors (Lipinski definition) is 1. The third kappa shape index (κ3) is 5.74. The Morgan fingerprint density at radius 1 is 1.12 bits per heavy atom. The van der Waals surface area contributed by atoms with Crippen molar-refractivity contribution in [2.45, 2.75) is 18.4 Å². The van der Waals surface area contributed by atoms with Crippen LogP contribution < -0.4 is 9.46 Å². The van der Waals surface area contributed by atoms with Crippen LogP contribution in [0.2, 0.25) is 5.02 Å². The van der Waals surface area contributed by atoms with E-state index in [1.54, 1.807) is 31.2 Å². The van der Waals surface area contributed by atoms with Gasteiger partial charge in [-0.25, -0.2) is 17.9 Å². The number of esters is 1. The van der Waals surface area contributed by atoms with E-state index in [0.717, 1.165) is 0 Å². The van der Waals surface area contributed by atoms with Gasteiger partial charge in [-0.2, -0.15) is 0 Å². The summed E-state index contributed by atoms with van der Waals surface area (Å²) < 4.78 is 37.1. The highest BCUT2D eigenvalue weighted by Gasteiger charge is 2.14. The highest BCUT2D eigenvalue weighted by molar-refractivity contribution is 7.89. The van der Waals surface area contributed by atoms with Crippen LogP contribution in [-0.4, -0.2) is 27.6 Å². The molecule has 0 fully saturated rings. The zero-order chi connectivity index (χ0) is 18.3. The molecule has 0 radical (unpaired) electrons. The molecule has 134 valence electrons. The molecule has 0 aliphatic rings. The van der Waals surface area contributed by atoms with E-state index < -0.39 is 16.0 Å². The molecule has 0 heterocycles. The van der Waals surface area contributed by atoms with Crippen LogP contribution >= 0.6 is 11.6 Å². The number of nitrogens with one attached hydrogen (secondary N) is 1. The Morgan fingerprint density at radius 3 is 2.44 bits per heavy atom. The largest absolute Gasteiger partial charge is 0.482 e. The van der Waals surface area contributed by atoms with Crippen molar-refractivity contribution in [3.8, 4) is 5.75 Å². The van der Waals surface area contributed by atoms with E-state index in [0.29, 0.717) is 16.3 Å². The zero-order valence-electron chi connectivity index (χ0n) is 13.6. The first-order valence-electron chi connectivity index (χ1n) is 7.54.